The number of hydrogen-bond acceptors (Lipinski definition) is 6. The summed E-state index contributed by atoms with van der Waals surface area (Å²) in [6, 6.07) is 0. The number of carbonyl (C=O) groups is 1. The van der Waals surface area contributed by atoms with Crippen molar-refractivity contribution in [1.29, 1.82) is 0 Å². The number of ether oxygens (including phenoxy) is 1. The van der Waals surface area contributed by atoms with E-state index in [1.54, 1.807) is 26.1 Å². The van der Waals surface area contributed by atoms with Crippen molar-refractivity contribution in [3.63, 3.8) is 0 Å². The van der Waals surface area contributed by atoms with Gasteiger partial charge in [0, 0.05) is 19.4 Å². The van der Waals surface area contributed by atoms with E-state index in [9.17, 15) is 10.0 Å². The van der Waals surface area contributed by atoms with Gasteiger partial charge in [0.15, 0.2) is 10.9 Å². The largest absolute Gasteiger partial charge is 0.461 e. The van der Waals surface area contributed by atoms with E-state index in [1.165, 1.54) is 24.2 Å². The van der Waals surface area contributed by atoms with Gasteiger partial charge < -0.3 is 4.74 Å². The summed E-state index contributed by atoms with van der Waals surface area (Å²) in [6.45, 7) is 2.03. The average Bonchev–Trinajstić information content (AvgIpc) is 2.84. The van der Waals surface area contributed by atoms with Gasteiger partial charge in [-0.15, -0.1) is 0 Å². The van der Waals surface area contributed by atoms with Crippen LogP contribution >= 0.6 is 11.8 Å². The Morgan fingerprint density at radius 1 is 1.53 bits per heavy atom. The molecule has 6 nitrogen and oxygen atoms in total. The van der Waals surface area contributed by atoms with Crippen LogP contribution in [0, 0.1) is 0 Å². The van der Waals surface area contributed by atoms with Crippen molar-refractivity contribution in [3.8, 4) is 0 Å². The van der Waals surface area contributed by atoms with E-state index < -0.39 is 5.97 Å². The smallest absolute Gasteiger partial charge is 0.358 e. The molecule has 2 aliphatic rings. The van der Waals surface area contributed by atoms with Gasteiger partial charge >= 0.3 is 5.97 Å². The third-order valence-electron chi connectivity index (χ3n) is 2.35. The van der Waals surface area contributed by atoms with E-state index in [0.29, 0.717) is 16.7 Å². The van der Waals surface area contributed by atoms with Gasteiger partial charge in [-0.05, 0) is 36.4 Å². The maximum Gasteiger partial charge on any atom is 0.358 e. The molecule has 100 valence electrons. The second-order valence-electron chi connectivity index (χ2n) is 3.59. The molecular weight excluding hydrogens is 266 g/mol. The minimum atomic E-state index is -0.468. The number of carbonyl (C=O) groups excluding carboxylic acids is 1. The number of amidine groups is 1. The minimum Gasteiger partial charge on any atom is -0.461 e. The molecule has 0 radical (unpaired) electrons. The molecule has 0 aromatic carbocycles. The summed E-state index contributed by atoms with van der Waals surface area (Å²) in [7, 11) is 1.62. The van der Waals surface area contributed by atoms with E-state index in [1.807, 2.05) is 0 Å². The molecule has 19 heavy (non-hydrogen) atoms. The topological polar surface area (TPSA) is 74.5 Å². The van der Waals surface area contributed by atoms with Crippen molar-refractivity contribution < 1.29 is 14.7 Å². The van der Waals surface area contributed by atoms with Crippen LogP contribution in [0.5, 0.6) is 0 Å². The Balaban J connectivity index is 2.38. The van der Waals surface area contributed by atoms with Gasteiger partial charge in [-0.3, -0.25) is 10.2 Å². The van der Waals surface area contributed by atoms with Crippen molar-refractivity contribution >= 4 is 28.6 Å². The first-order chi connectivity index (χ1) is 9.15. The van der Waals surface area contributed by atoms with E-state index in [4.69, 9.17) is 4.74 Å². The molecule has 2 aliphatic heterocycles. The lowest BCUT2D eigenvalue weighted by molar-refractivity contribution is -0.134. The molecule has 0 atom stereocenters. The summed E-state index contributed by atoms with van der Waals surface area (Å²) >= 11 is 1.30. The highest BCUT2D eigenvalue weighted by molar-refractivity contribution is 8.18. The summed E-state index contributed by atoms with van der Waals surface area (Å²) in [5.41, 5.74) is 1.03. The van der Waals surface area contributed by atoms with Crippen LogP contribution in [0.25, 0.3) is 0 Å². The van der Waals surface area contributed by atoms with Gasteiger partial charge in [0.2, 0.25) is 0 Å². The first-order valence-corrected chi connectivity index (χ1v) is 6.46. The SMILES string of the molecule is CCOC(=O)C1=NC(=NC)SC1=C1C=CN(O)C=C1. The molecule has 0 unspecified atom stereocenters. The first-order valence-electron chi connectivity index (χ1n) is 5.64. The van der Waals surface area contributed by atoms with Gasteiger partial charge in [0.25, 0.3) is 0 Å². The Bertz CT molecular complexity index is 530. The summed E-state index contributed by atoms with van der Waals surface area (Å²) in [6.07, 6.45) is 6.34. The Morgan fingerprint density at radius 2 is 2.21 bits per heavy atom. The number of aliphatic imine (C=N–C) groups is 2. The van der Waals surface area contributed by atoms with Crippen LogP contribution in [0.4, 0.5) is 0 Å². The van der Waals surface area contributed by atoms with E-state index >= 15 is 0 Å². The zero-order chi connectivity index (χ0) is 13.8. The molecule has 0 aromatic heterocycles. The van der Waals surface area contributed by atoms with Gasteiger partial charge in [0.1, 0.15) is 0 Å². The molecule has 0 saturated heterocycles. The van der Waals surface area contributed by atoms with Gasteiger partial charge in [-0.2, -0.15) is 0 Å². The highest BCUT2D eigenvalue weighted by Crippen LogP contribution is 2.32. The van der Waals surface area contributed by atoms with Crippen LogP contribution in [0.3, 0.4) is 0 Å². The van der Waals surface area contributed by atoms with E-state index in [-0.39, 0.29) is 5.71 Å². The summed E-state index contributed by atoms with van der Waals surface area (Å²) in [5, 5.41) is 10.7. The molecule has 2 rings (SSSR count). The quantitative estimate of drug-likeness (QED) is 0.779. The van der Waals surface area contributed by atoms with Gasteiger partial charge in [-0.25, -0.2) is 14.9 Å². The normalized spacial score (nSPS) is 20.3. The molecule has 0 aliphatic carbocycles. The van der Waals surface area contributed by atoms with Crippen LogP contribution in [-0.4, -0.2) is 40.8 Å². The zero-order valence-electron chi connectivity index (χ0n) is 10.5. The monoisotopic (exact) mass is 279 g/mol. The van der Waals surface area contributed by atoms with Crippen LogP contribution in [-0.2, 0) is 9.53 Å². The van der Waals surface area contributed by atoms with Crippen molar-refractivity contribution in [2.24, 2.45) is 9.98 Å². The minimum absolute atomic E-state index is 0.253. The number of thioether (sulfide) groups is 1. The lowest BCUT2D eigenvalue weighted by atomic mass is 10.1. The zero-order valence-corrected chi connectivity index (χ0v) is 11.3. The second kappa shape index (κ2) is 5.85. The lowest BCUT2D eigenvalue weighted by Crippen LogP contribution is -2.18. The molecule has 0 amide bonds. The maximum absolute atomic E-state index is 11.9. The molecule has 0 spiro atoms. The third kappa shape index (κ3) is 2.94. The Kier molecular flexibility index (Phi) is 4.18. The fourth-order valence-electron chi connectivity index (χ4n) is 1.51. The molecule has 1 N–H and O–H groups in total. The number of esters is 1. The molecule has 0 bridgehead atoms. The van der Waals surface area contributed by atoms with E-state index in [0.717, 1.165) is 10.6 Å². The molecule has 7 heteroatoms. The Labute approximate surface area is 114 Å². The lowest BCUT2D eigenvalue weighted by Gasteiger charge is -2.12. The number of nitrogens with zero attached hydrogens (tertiary/aromatic N) is 3. The van der Waals surface area contributed by atoms with Crippen molar-refractivity contribution in [2.75, 3.05) is 13.7 Å². The summed E-state index contributed by atoms with van der Waals surface area (Å²) in [4.78, 5) is 20.7. The predicted molar refractivity (Wildman–Crippen MR) is 73.9 cm³/mol. The van der Waals surface area contributed by atoms with Crippen molar-refractivity contribution in [2.45, 2.75) is 6.92 Å². The third-order valence-corrected chi connectivity index (χ3v) is 3.44. The van der Waals surface area contributed by atoms with Crippen LogP contribution < -0.4 is 0 Å². The number of hydrogen-bond donors (Lipinski definition) is 1. The fourth-order valence-corrected chi connectivity index (χ4v) is 2.40. The predicted octanol–water partition coefficient (Wildman–Crippen LogP) is 1.71. The fraction of sp³-hybridized carbons (Fsp3) is 0.250. The average molecular weight is 279 g/mol. The highest BCUT2D eigenvalue weighted by atomic mass is 32.2. The number of rotatable bonds is 2. The Hall–Kier alpha value is -1.86. The molecular formula is C12H13N3O3S. The second-order valence-corrected chi connectivity index (χ2v) is 4.56. The van der Waals surface area contributed by atoms with Crippen molar-refractivity contribution in [1.82, 2.24) is 5.06 Å². The van der Waals surface area contributed by atoms with Crippen LogP contribution in [0.1, 0.15) is 6.92 Å². The summed E-state index contributed by atoms with van der Waals surface area (Å²) in [5.74, 6) is -0.468. The summed E-state index contributed by atoms with van der Waals surface area (Å²) < 4.78 is 4.98. The van der Waals surface area contributed by atoms with Crippen LogP contribution in [0.15, 0.2) is 45.0 Å². The number of allylic oxidation sites excluding steroid dienone is 3. The van der Waals surface area contributed by atoms with Crippen molar-refractivity contribution in [3.05, 3.63) is 35.0 Å². The molecule has 0 aromatic rings. The van der Waals surface area contributed by atoms with E-state index in [2.05, 4.69) is 9.98 Å². The van der Waals surface area contributed by atoms with Gasteiger partial charge in [-0.1, -0.05) is 0 Å². The first kappa shape index (κ1) is 13.6. The van der Waals surface area contributed by atoms with Gasteiger partial charge in [0.05, 0.1) is 11.5 Å². The molecule has 2 heterocycles. The molecule has 0 fully saturated rings. The number of hydroxylamine groups is 2. The maximum atomic E-state index is 11.9. The Morgan fingerprint density at radius 3 is 2.79 bits per heavy atom. The van der Waals surface area contributed by atoms with Crippen LogP contribution in [0.2, 0.25) is 0 Å². The standard InChI is InChI=1S/C12H13N3O3S/c1-3-18-11(16)9-10(19-12(13-2)14-9)8-4-6-15(17)7-5-8/h4-7,17H,3H2,1-2H3. The molecule has 0 saturated carbocycles. The highest BCUT2D eigenvalue weighted by Gasteiger charge is 2.29.